The number of benzene rings is 1. The molecule has 0 spiro atoms. The number of pyridine rings is 1. The summed E-state index contributed by atoms with van der Waals surface area (Å²) in [6.07, 6.45) is -5.63. The molecule has 3 aromatic heterocycles. The first kappa shape index (κ1) is 32.6. The highest BCUT2D eigenvalue weighted by Crippen LogP contribution is 2.42. The molecule has 1 unspecified atom stereocenters. The van der Waals surface area contributed by atoms with Gasteiger partial charge in [0.25, 0.3) is 11.1 Å². The van der Waals surface area contributed by atoms with E-state index in [4.69, 9.17) is 4.74 Å². The van der Waals surface area contributed by atoms with Crippen LogP contribution in [-0.2, 0) is 12.7 Å². The van der Waals surface area contributed by atoms with Crippen LogP contribution in [0.2, 0.25) is 0 Å². The van der Waals surface area contributed by atoms with Crippen molar-refractivity contribution < 1.29 is 40.6 Å². The Morgan fingerprint density at radius 3 is 2.52 bits per heavy atom. The van der Waals surface area contributed by atoms with Crippen molar-refractivity contribution in [1.29, 1.82) is 0 Å². The molecule has 246 valence electrons. The number of aliphatic hydroxyl groups is 1. The molecule has 18 heteroatoms. The Morgan fingerprint density at radius 1 is 1.15 bits per heavy atom. The van der Waals surface area contributed by atoms with Gasteiger partial charge in [0, 0.05) is 18.8 Å². The van der Waals surface area contributed by atoms with E-state index in [1.807, 2.05) is 0 Å². The summed E-state index contributed by atoms with van der Waals surface area (Å²) in [6.45, 7) is 0.132. The lowest BCUT2D eigenvalue weighted by atomic mass is 9.93. The molecule has 1 atom stereocenters. The maximum absolute atomic E-state index is 15.3. The quantitative estimate of drug-likeness (QED) is 0.227. The Kier molecular flexibility index (Phi) is 8.43. The Labute approximate surface area is 254 Å². The zero-order valence-electron chi connectivity index (χ0n) is 24.1. The van der Waals surface area contributed by atoms with Crippen LogP contribution in [-0.4, -0.2) is 67.9 Å². The number of rotatable bonds is 9. The van der Waals surface area contributed by atoms with Gasteiger partial charge in [0.1, 0.15) is 11.4 Å². The van der Waals surface area contributed by atoms with Gasteiger partial charge in [-0.05, 0) is 43.4 Å². The summed E-state index contributed by atoms with van der Waals surface area (Å²) < 4.78 is 101. The standard InChI is InChI=1S/C28H26F7N7O4/c1-14(38-19-10-37-40-24(43)21(19)27(30,31)32)4-3-6-41-7-5-15-8-17(18(29)9-16(15)25(41)44)22-36-11-20(46-2)23(39-22)42-12-26(45,13-42)28(33,34)35/h5,7-11,14,45H,3-4,6,12-13H2,1-2H3,(H2,38,40,43). The van der Waals surface area contributed by atoms with Gasteiger partial charge in [-0.1, -0.05) is 0 Å². The second kappa shape index (κ2) is 11.9. The second-order valence-electron chi connectivity index (χ2n) is 10.9. The van der Waals surface area contributed by atoms with Crippen LogP contribution in [0.4, 0.5) is 42.2 Å². The number of anilines is 2. The topological polar surface area (TPSA) is 138 Å². The first-order valence-electron chi connectivity index (χ1n) is 13.7. The van der Waals surface area contributed by atoms with Gasteiger partial charge in [-0.15, -0.1) is 0 Å². The molecule has 46 heavy (non-hydrogen) atoms. The molecule has 0 saturated carbocycles. The summed E-state index contributed by atoms with van der Waals surface area (Å²) in [4.78, 5) is 34.2. The number of H-pyrrole nitrogens is 1. The van der Waals surface area contributed by atoms with Gasteiger partial charge in [0.15, 0.2) is 23.0 Å². The third-order valence-corrected chi connectivity index (χ3v) is 7.57. The number of aryl methyl sites for hydroxylation is 1. The van der Waals surface area contributed by atoms with E-state index in [9.17, 15) is 41.0 Å². The molecule has 4 heterocycles. The first-order valence-corrected chi connectivity index (χ1v) is 13.7. The minimum Gasteiger partial charge on any atom is -0.491 e. The molecule has 1 aliphatic rings. The number of hydrogen-bond acceptors (Lipinski definition) is 9. The molecular weight excluding hydrogens is 631 g/mol. The first-order chi connectivity index (χ1) is 21.5. The van der Waals surface area contributed by atoms with E-state index in [1.165, 1.54) is 23.9 Å². The zero-order valence-corrected chi connectivity index (χ0v) is 24.1. The van der Waals surface area contributed by atoms with Crippen LogP contribution < -0.4 is 26.1 Å². The lowest BCUT2D eigenvalue weighted by molar-refractivity contribution is -0.267. The normalized spacial score (nSPS) is 15.5. The molecule has 3 N–H and O–H groups in total. The van der Waals surface area contributed by atoms with Crippen molar-refractivity contribution in [2.75, 3.05) is 30.4 Å². The molecule has 11 nitrogen and oxygen atoms in total. The van der Waals surface area contributed by atoms with Crippen molar-refractivity contribution in [3.63, 3.8) is 0 Å². The third-order valence-electron chi connectivity index (χ3n) is 7.57. The van der Waals surface area contributed by atoms with Crippen LogP contribution in [0.25, 0.3) is 22.2 Å². The number of aromatic amines is 1. The average Bonchev–Trinajstić information content (AvgIpc) is 2.95. The predicted molar refractivity (Wildman–Crippen MR) is 151 cm³/mol. The molecule has 5 rings (SSSR count). The fourth-order valence-electron chi connectivity index (χ4n) is 5.12. The van der Waals surface area contributed by atoms with Crippen molar-refractivity contribution in [2.24, 2.45) is 0 Å². The number of ether oxygens (including phenoxy) is 1. The van der Waals surface area contributed by atoms with Crippen molar-refractivity contribution in [3.05, 3.63) is 68.9 Å². The average molecular weight is 658 g/mol. The SMILES string of the molecule is COc1cnc(-c2cc3ccn(CCCC(C)Nc4cn[nH]c(=O)c4C(F)(F)F)c(=O)c3cc2F)nc1N1CC(O)(C(F)(F)F)C1. The highest BCUT2D eigenvalue weighted by atomic mass is 19.4. The summed E-state index contributed by atoms with van der Waals surface area (Å²) in [7, 11) is 1.25. The summed E-state index contributed by atoms with van der Waals surface area (Å²) in [5.41, 5.74) is -6.85. The molecular formula is C28H26F7N7O4. The zero-order chi connectivity index (χ0) is 33.6. The number of β-amino-alcohol motifs (C(OH)–C–C–N with tert-alkyl or cyclic N) is 1. The largest absolute Gasteiger partial charge is 0.491 e. The Bertz CT molecular complexity index is 1890. The molecule has 1 aromatic carbocycles. The maximum Gasteiger partial charge on any atom is 0.423 e. The number of fused-ring (bicyclic) bond motifs is 1. The lowest BCUT2D eigenvalue weighted by Gasteiger charge is -2.47. The molecule has 1 fully saturated rings. The van der Waals surface area contributed by atoms with Gasteiger partial charge in [0.05, 0.1) is 49.2 Å². The molecule has 4 aromatic rings. The van der Waals surface area contributed by atoms with E-state index in [2.05, 4.69) is 20.4 Å². The van der Waals surface area contributed by atoms with Crippen LogP contribution in [0.5, 0.6) is 5.75 Å². The van der Waals surface area contributed by atoms with Crippen molar-refractivity contribution >= 4 is 22.3 Å². The Hall–Kier alpha value is -4.74. The van der Waals surface area contributed by atoms with Crippen LogP contribution in [0.15, 0.2) is 46.4 Å². The second-order valence-corrected chi connectivity index (χ2v) is 10.9. The summed E-state index contributed by atoms with van der Waals surface area (Å²) in [5.74, 6) is -1.13. The smallest absolute Gasteiger partial charge is 0.423 e. The van der Waals surface area contributed by atoms with E-state index in [1.54, 1.807) is 18.1 Å². The number of methoxy groups -OCH3 is 1. The highest BCUT2D eigenvalue weighted by molar-refractivity contribution is 5.86. The van der Waals surface area contributed by atoms with E-state index in [0.29, 0.717) is 18.2 Å². The Balaban J connectivity index is 1.32. The van der Waals surface area contributed by atoms with Crippen LogP contribution in [0.1, 0.15) is 25.3 Å². The number of hydrogen-bond donors (Lipinski definition) is 3. The molecule has 0 bridgehead atoms. The van der Waals surface area contributed by atoms with Gasteiger partial charge in [-0.25, -0.2) is 19.5 Å². The third kappa shape index (κ3) is 6.20. The number of nitrogens with zero attached hydrogens (tertiary/aromatic N) is 5. The molecule has 0 aliphatic carbocycles. The van der Waals surface area contributed by atoms with E-state index in [-0.39, 0.29) is 34.9 Å². The van der Waals surface area contributed by atoms with Gasteiger partial charge in [-0.3, -0.25) is 9.59 Å². The van der Waals surface area contributed by atoms with Crippen molar-refractivity contribution in [2.45, 2.75) is 50.3 Å². The van der Waals surface area contributed by atoms with Gasteiger partial charge < -0.3 is 24.6 Å². The summed E-state index contributed by atoms with van der Waals surface area (Å²) in [6, 6.07) is 3.33. The molecule has 1 aliphatic heterocycles. The maximum atomic E-state index is 15.3. The Morgan fingerprint density at radius 2 is 1.87 bits per heavy atom. The number of halogens is 7. The summed E-state index contributed by atoms with van der Waals surface area (Å²) >= 11 is 0. The molecule has 0 radical (unpaired) electrons. The summed E-state index contributed by atoms with van der Waals surface area (Å²) in [5, 5.41) is 18.0. The minimum absolute atomic E-state index is 0.0106. The number of alkyl halides is 6. The van der Waals surface area contributed by atoms with Crippen molar-refractivity contribution in [3.8, 4) is 17.1 Å². The molecule has 0 amide bonds. The lowest BCUT2D eigenvalue weighted by Crippen LogP contribution is -2.69. The van der Waals surface area contributed by atoms with E-state index in [0.717, 1.165) is 23.4 Å². The fraction of sp³-hybridized carbons (Fsp3) is 0.393. The monoisotopic (exact) mass is 657 g/mol. The number of nitrogens with one attached hydrogen (secondary N) is 2. The van der Waals surface area contributed by atoms with Crippen molar-refractivity contribution in [1.82, 2.24) is 24.7 Å². The van der Waals surface area contributed by atoms with Gasteiger partial charge in [-0.2, -0.15) is 31.4 Å². The fourth-order valence-corrected chi connectivity index (χ4v) is 5.12. The van der Waals surface area contributed by atoms with Crippen LogP contribution in [0, 0.1) is 5.82 Å². The minimum atomic E-state index is -4.90. The van der Waals surface area contributed by atoms with Crippen LogP contribution >= 0.6 is 0 Å². The number of aromatic nitrogens is 5. The molecule has 1 saturated heterocycles. The van der Waals surface area contributed by atoms with E-state index >= 15 is 4.39 Å². The van der Waals surface area contributed by atoms with Crippen LogP contribution in [0.3, 0.4) is 0 Å². The van der Waals surface area contributed by atoms with Gasteiger partial charge in [0.2, 0.25) is 0 Å². The predicted octanol–water partition coefficient (Wildman–Crippen LogP) is 4.10. The van der Waals surface area contributed by atoms with Gasteiger partial charge >= 0.3 is 12.4 Å². The highest BCUT2D eigenvalue weighted by Gasteiger charge is 2.61. The van der Waals surface area contributed by atoms with E-state index < -0.39 is 65.3 Å².